The maximum atomic E-state index is 12.0. The lowest BCUT2D eigenvalue weighted by Gasteiger charge is -2.01. The van der Waals surface area contributed by atoms with E-state index in [0.29, 0.717) is 17.8 Å². The largest absolute Gasteiger partial charge is 0.428 e. The number of hydrogen-bond acceptors (Lipinski definition) is 4. The van der Waals surface area contributed by atoms with Crippen LogP contribution in [-0.4, -0.2) is 12.3 Å². The minimum absolute atomic E-state index is 0.0215. The molecule has 0 amide bonds. The van der Waals surface area contributed by atoms with Crippen LogP contribution in [0.5, 0.6) is 5.75 Å². The summed E-state index contributed by atoms with van der Waals surface area (Å²) >= 11 is 1.47. The average Bonchev–Trinajstić information content (AvgIpc) is 2.71. The van der Waals surface area contributed by atoms with Crippen LogP contribution in [0.1, 0.15) is 20.1 Å². The number of ketones is 1. The molecule has 0 spiro atoms. The van der Waals surface area contributed by atoms with E-state index < -0.39 is 0 Å². The standard InChI is InChI=1S/C14H12O3S/c1-10-7-13(17-9-15)14(18-10)8-12(16)11-5-3-2-4-6-11/h2-7,9H,8H2,1H3. The number of carbonyl (C=O) groups is 2. The highest BCUT2D eigenvalue weighted by Crippen LogP contribution is 2.29. The van der Waals surface area contributed by atoms with Gasteiger partial charge >= 0.3 is 0 Å². The molecule has 3 nitrogen and oxygen atoms in total. The van der Waals surface area contributed by atoms with Crippen molar-refractivity contribution in [3.63, 3.8) is 0 Å². The maximum Gasteiger partial charge on any atom is 0.298 e. The summed E-state index contributed by atoms with van der Waals surface area (Å²) in [5, 5.41) is 0. The van der Waals surface area contributed by atoms with Gasteiger partial charge in [0.2, 0.25) is 0 Å². The molecular formula is C14H12O3S. The zero-order valence-electron chi connectivity index (χ0n) is 9.88. The van der Waals surface area contributed by atoms with Gasteiger partial charge in [-0.25, -0.2) is 0 Å². The van der Waals surface area contributed by atoms with E-state index in [1.54, 1.807) is 18.2 Å². The molecule has 0 unspecified atom stereocenters. The van der Waals surface area contributed by atoms with Crippen molar-refractivity contribution in [2.45, 2.75) is 13.3 Å². The van der Waals surface area contributed by atoms with Crippen molar-refractivity contribution >= 4 is 23.6 Å². The predicted octanol–water partition coefficient (Wildman–Crippen LogP) is 3.02. The second-order valence-corrected chi connectivity index (χ2v) is 5.17. The number of benzene rings is 1. The Bertz CT molecular complexity index is 558. The van der Waals surface area contributed by atoms with E-state index in [4.69, 9.17) is 4.74 Å². The first-order valence-electron chi connectivity index (χ1n) is 5.48. The molecule has 4 heteroatoms. The lowest BCUT2D eigenvalue weighted by molar-refractivity contribution is -0.120. The number of carbonyl (C=O) groups excluding carboxylic acids is 2. The molecular weight excluding hydrogens is 248 g/mol. The fraction of sp³-hybridized carbons (Fsp3) is 0.143. The molecule has 0 saturated carbocycles. The number of aryl methyl sites for hydroxylation is 1. The minimum atomic E-state index is 0.0215. The van der Waals surface area contributed by atoms with Crippen molar-refractivity contribution < 1.29 is 14.3 Å². The molecule has 0 atom stereocenters. The molecule has 2 aromatic rings. The van der Waals surface area contributed by atoms with E-state index in [9.17, 15) is 9.59 Å². The second-order valence-electron chi connectivity index (χ2n) is 3.82. The van der Waals surface area contributed by atoms with Gasteiger partial charge in [-0.3, -0.25) is 9.59 Å². The first-order chi connectivity index (χ1) is 8.70. The maximum absolute atomic E-state index is 12.0. The lowest BCUT2D eigenvalue weighted by atomic mass is 10.1. The normalized spacial score (nSPS) is 10.1. The van der Waals surface area contributed by atoms with Crippen molar-refractivity contribution in [2.75, 3.05) is 0 Å². The van der Waals surface area contributed by atoms with Gasteiger partial charge in [0.05, 0.1) is 4.88 Å². The molecule has 0 aliphatic carbocycles. The Morgan fingerprint density at radius 1 is 1.33 bits per heavy atom. The Hall–Kier alpha value is -1.94. The Labute approximate surface area is 109 Å². The quantitative estimate of drug-likeness (QED) is 0.613. The van der Waals surface area contributed by atoms with Gasteiger partial charge in [-0.05, 0) is 13.0 Å². The summed E-state index contributed by atoms with van der Waals surface area (Å²) in [6.07, 6.45) is 0.256. The molecule has 18 heavy (non-hydrogen) atoms. The fourth-order valence-electron chi connectivity index (χ4n) is 1.69. The Balaban J connectivity index is 2.19. The van der Waals surface area contributed by atoms with Crippen LogP contribution >= 0.6 is 11.3 Å². The van der Waals surface area contributed by atoms with Crippen LogP contribution in [0.25, 0.3) is 0 Å². The van der Waals surface area contributed by atoms with Crippen LogP contribution in [0.3, 0.4) is 0 Å². The highest BCUT2D eigenvalue weighted by Gasteiger charge is 2.14. The zero-order valence-corrected chi connectivity index (χ0v) is 10.7. The molecule has 0 saturated heterocycles. The summed E-state index contributed by atoms with van der Waals surface area (Å²) in [5.74, 6) is 0.505. The van der Waals surface area contributed by atoms with E-state index in [2.05, 4.69) is 0 Å². The molecule has 1 aromatic carbocycles. The molecule has 0 radical (unpaired) electrons. The van der Waals surface area contributed by atoms with Gasteiger partial charge in [-0.1, -0.05) is 30.3 Å². The van der Waals surface area contributed by atoms with Crippen LogP contribution in [0.2, 0.25) is 0 Å². The van der Waals surface area contributed by atoms with Gasteiger partial charge in [-0.15, -0.1) is 11.3 Å². The van der Waals surface area contributed by atoms with E-state index in [1.807, 2.05) is 25.1 Å². The minimum Gasteiger partial charge on any atom is -0.428 e. The first-order valence-corrected chi connectivity index (χ1v) is 6.30. The number of ether oxygens (including phenoxy) is 1. The molecule has 1 aromatic heterocycles. The monoisotopic (exact) mass is 260 g/mol. The van der Waals surface area contributed by atoms with E-state index in [-0.39, 0.29) is 12.2 Å². The van der Waals surface area contributed by atoms with Crippen molar-refractivity contribution in [1.29, 1.82) is 0 Å². The van der Waals surface area contributed by atoms with Crippen LogP contribution in [0.15, 0.2) is 36.4 Å². The van der Waals surface area contributed by atoms with Gasteiger partial charge in [0.25, 0.3) is 6.47 Å². The van der Waals surface area contributed by atoms with Gasteiger partial charge in [-0.2, -0.15) is 0 Å². The van der Waals surface area contributed by atoms with E-state index in [0.717, 1.165) is 9.75 Å². The van der Waals surface area contributed by atoms with Gasteiger partial charge < -0.3 is 4.74 Å². The van der Waals surface area contributed by atoms with E-state index in [1.165, 1.54) is 11.3 Å². The van der Waals surface area contributed by atoms with Gasteiger partial charge in [0.1, 0.15) is 5.75 Å². The molecule has 0 aliphatic heterocycles. The number of thiophene rings is 1. The van der Waals surface area contributed by atoms with Crippen molar-refractivity contribution in [2.24, 2.45) is 0 Å². The predicted molar refractivity (Wildman–Crippen MR) is 70.2 cm³/mol. The molecule has 0 aliphatic rings. The third-order valence-electron chi connectivity index (χ3n) is 2.49. The highest BCUT2D eigenvalue weighted by molar-refractivity contribution is 7.12. The molecule has 0 fully saturated rings. The summed E-state index contributed by atoms with van der Waals surface area (Å²) in [7, 11) is 0. The summed E-state index contributed by atoms with van der Waals surface area (Å²) in [5.41, 5.74) is 0.667. The molecule has 92 valence electrons. The SMILES string of the molecule is Cc1cc(OC=O)c(CC(=O)c2ccccc2)s1. The number of Topliss-reactive ketones (excluding diaryl/α,β-unsaturated/α-hetero) is 1. The van der Waals surface area contributed by atoms with Crippen LogP contribution in [0, 0.1) is 6.92 Å². The average molecular weight is 260 g/mol. The van der Waals surface area contributed by atoms with E-state index >= 15 is 0 Å². The summed E-state index contributed by atoms with van der Waals surface area (Å²) in [6.45, 7) is 2.30. The molecule has 1 heterocycles. The summed E-state index contributed by atoms with van der Waals surface area (Å²) < 4.78 is 4.87. The van der Waals surface area contributed by atoms with Crippen LogP contribution < -0.4 is 4.74 Å². The van der Waals surface area contributed by atoms with Crippen molar-refractivity contribution in [1.82, 2.24) is 0 Å². The summed E-state index contributed by atoms with van der Waals surface area (Å²) in [6, 6.07) is 10.9. The lowest BCUT2D eigenvalue weighted by Crippen LogP contribution is -2.03. The third-order valence-corrected chi connectivity index (χ3v) is 3.52. The second kappa shape index (κ2) is 5.60. The van der Waals surface area contributed by atoms with Gasteiger partial charge in [0.15, 0.2) is 5.78 Å². The molecule has 2 rings (SSSR count). The van der Waals surface area contributed by atoms with Crippen LogP contribution in [0.4, 0.5) is 0 Å². The zero-order chi connectivity index (χ0) is 13.0. The van der Waals surface area contributed by atoms with Gasteiger partial charge in [0, 0.05) is 16.9 Å². The van der Waals surface area contributed by atoms with Crippen molar-refractivity contribution in [3.8, 4) is 5.75 Å². The highest BCUT2D eigenvalue weighted by atomic mass is 32.1. The molecule has 0 N–H and O–H groups in total. The smallest absolute Gasteiger partial charge is 0.298 e. The Kier molecular flexibility index (Phi) is 3.89. The topological polar surface area (TPSA) is 43.4 Å². The first kappa shape index (κ1) is 12.5. The summed E-state index contributed by atoms with van der Waals surface area (Å²) in [4.78, 5) is 24.2. The van der Waals surface area contributed by atoms with Crippen LogP contribution in [-0.2, 0) is 11.2 Å². The van der Waals surface area contributed by atoms with Crippen molar-refractivity contribution in [3.05, 3.63) is 51.7 Å². The third kappa shape index (κ3) is 2.84. The number of hydrogen-bond donors (Lipinski definition) is 0. The Morgan fingerprint density at radius 2 is 2.06 bits per heavy atom. The molecule has 0 bridgehead atoms. The Morgan fingerprint density at radius 3 is 2.72 bits per heavy atom. The number of rotatable bonds is 5. The fourth-order valence-corrected chi connectivity index (χ4v) is 2.65.